The maximum atomic E-state index is 5.71. The quantitative estimate of drug-likeness (QED) is 0.499. The summed E-state index contributed by atoms with van der Waals surface area (Å²) in [6.45, 7) is 2.11. The molecule has 0 bridgehead atoms. The van der Waals surface area contributed by atoms with Gasteiger partial charge in [-0.3, -0.25) is 0 Å². The van der Waals surface area contributed by atoms with Crippen molar-refractivity contribution < 1.29 is 9.15 Å². The Morgan fingerprint density at radius 2 is 2.28 bits per heavy atom. The van der Waals surface area contributed by atoms with Crippen LogP contribution < -0.4 is 4.74 Å². The molecule has 0 atom stereocenters. The fourth-order valence-electron chi connectivity index (χ4n) is 1.49. The SMILES string of the molecule is CCc1ccccc1OCSCc1n[nH]c(=S)o1. The Morgan fingerprint density at radius 3 is 3.00 bits per heavy atom. The molecule has 1 aromatic carbocycles. The van der Waals surface area contributed by atoms with E-state index < -0.39 is 0 Å². The van der Waals surface area contributed by atoms with Gasteiger partial charge in [0.25, 0.3) is 4.84 Å². The number of para-hydroxylation sites is 1. The minimum atomic E-state index is 0.308. The Balaban J connectivity index is 1.80. The van der Waals surface area contributed by atoms with Gasteiger partial charge in [-0.2, -0.15) is 0 Å². The Morgan fingerprint density at radius 1 is 1.44 bits per heavy atom. The largest absolute Gasteiger partial charge is 0.483 e. The molecule has 0 spiro atoms. The highest BCUT2D eigenvalue weighted by Gasteiger charge is 2.02. The van der Waals surface area contributed by atoms with Gasteiger partial charge in [0.15, 0.2) is 0 Å². The highest BCUT2D eigenvalue weighted by molar-refractivity contribution is 7.98. The molecule has 96 valence electrons. The maximum Gasteiger partial charge on any atom is 0.284 e. The third kappa shape index (κ3) is 3.61. The van der Waals surface area contributed by atoms with E-state index in [4.69, 9.17) is 21.4 Å². The molecule has 0 unspecified atom stereocenters. The summed E-state index contributed by atoms with van der Waals surface area (Å²) < 4.78 is 10.9. The Labute approximate surface area is 115 Å². The molecule has 1 aromatic heterocycles. The summed E-state index contributed by atoms with van der Waals surface area (Å²) in [6, 6.07) is 8.06. The van der Waals surface area contributed by atoms with Crippen LogP contribution in [0.4, 0.5) is 0 Å². The summed E-state index contributed by atoms with van der Waals surface area (Å²) >= 11 is 6.38. The molecule has 1 N–H and O–H groups in total. The number of benzene rings is 1. The molecule has 2 aromatic rings. The molecular formula is C12H14N2O2S2. The number of nitrogens with zero attached hydrogens (tertiary/aromatic N) is 1. The molecule has 0 saturated carbocycles. The molecule has 6 heteroatoms. The molecule has 18 heavy (non-hydrogen) atoms. The van der Waals surface area contributed by atoms with Crippen LogP contribution in [0.1, 0.15) is 18.4 Å². The predicted molar refractivity (Wildman–Crippen MR) is 74.3 cm³/mol. The van der Waals surface area contributed by atoms with Gasteiger partial charge in [0.2, 0.25) is 5.89 Å². The molecule has 4 nitrogen and oxygen atoms in total. The van der Waals surface area contributed by atoms with Crippen molar-refractivity contribution in [1.82, 2.24) is 10.2 Å². The Kier molecular flexibility index (Phi) is 4.83. The number of aryl methyl sites for hydroxylation is 1. The summed E-state index contributed by atoms with van der Waals surface area (Å²) in [4.78, 5) is 0.308. The number of aromatic amines is 1. The number of H-pyrrole nitrogens is 1. The van der Waals surface area contributed by atoms with Crippen molar-refractivity contribution >= 4 is 24.0 Å². The Hall–Kier alpha value is -1.27. The molecule has 0 amide bonds. The van der Waals surface area contributed by atoms with E-state index in [0.29, 0.717) is 22.4 Å². The van der Waals surface area contributed by atoms with Crippen molar-refractivity contribution in [3.8, 4) is 5.75 Å². The normalized spacial score (nSPS) is 10.5. The molecule has 2 rings (SSSR count). The van der Waals surface area contributed by atoms with E-state index in [0.717, 1.165) is 12.2 Å². The lowest BCUT2D eigenvalue weighted by atomic mass is 10.1. The lowest BCUT2D eigenvalue weighted by Crippen LogP contribution is -1.97. The van der Waals surface area contributed by atoms with Crippen molar-refractivity contribution in [3.05, 3.63) is 40.6 Å². The monoisotopic (exact) mass is 282 g/mol. The van der Waals surface area contributed by atoms with E-state index in [2.05, 4.69) is 23.2 Å². The van der Waals surface area contributed by atoms with Gasteiger partial charge in [0.05, 0.1) is 5.75 Å². The number of aromatic nitrogens is 2. The van der Waals surface area contributed by atoms with Crippen LogP contribution in [-0.2, 0) is 12.2 Å². The second kappa shape index (κ2) is 6.61. The van der Waals surface area contributed by atoms with Crippen molar-refractivity contribution in [3.63, 3.8) is 0 Å². The van der Waals surface area contributed by atoms with E-state index in [1.807, 2.05) is 18.2 Å². The van der Waals surface area contributed by atoms with Gasteiger partial charge in [-0.05, 0) is 30.3 Å². The lowest BCUT2D eigenvalue weighted by molar-refractivity contribution is 0.388. The number of hydrogen-bond acceptors (Lipinski definition) is 5. The predicted octanol–water partition coefficient (Wildman–Crippen LogP) is 3.56. The van der Waals surface area contributed by atoms with Crippen molar-refractivity contribution in [2.24, 2.45) is 0 Å². The van der Waals surface area contributed by atoms with Gasteiger partial charge in [-0.25, -0.2) is 5.10 Å². The summed E-state index contributed by atoms with van der Waals surface area (Å²) in [7, 11) is 0. The summed E-state index contributed by atoms with van der Waals surface area (Å²) in [5.41, 5.74) is 1.22. The number of thioether (sulfide) groups is 1. The van der Waals surface area contributed by atoms with Crippen LogP contribution in [0.15, 0.2) is 28.7 Å². The molecular weight excluding hydrogens is 268 g/mol. The van der Waals surface area contributed by atoms with Gasteiger partial charge in [-0.1, -0.05) is 25.1 Å². The van der Waals surface area contributed by atoms with E-state index in [9.17, 15) is 0 Å². The zero-order valence-electron chi connectivity index (χ0n) is 10.0. The topological polar surface area (TPSA) is 51.0 Å². The fraction of sp³-hybridized carbons (Fsp3) is 0.333. The van der Waals surface area contributed by atoms with Crippen LogP contribution in [0.5, 0.6) is 5.75 Å². The average Bonchev–Trinajstić information content (AvgIpc) is 2.81. The summed E-state index contributed by atoms with van der Waals surface area (Å²) in [5.74, 6) is 2.74. The first-order valence-electron chi connectivity index (χ1n) is 5.62. The Bertz CT molecular complexity index is 551. The molecule has 0 aliphatic heterocycles. The summed E-state index contributed by atoms with van der Waals surface area (Å²) in [6.07, 6.45) is 0.967. The third-order valence-corrected chi connectivity index (χ3v) is 3.27. The van der Waals surface area contributed by atoms with Crippen molar-refractivity contribution in [2.75, 3.05) is 5.94 Å². The first-order chi connectivity index (χ1) is 8.79. The molecule has 1 heterocycles. The van der Waals surface area contributed by atoms with Crippen LogP contribution in [0.2, 0.25) is 0 Å². The van der Waals surface area contributed by atoms with E-state index >= 15 is 0 Å². The lowest BCUT2D eigenvalue weighted by Gasteiger charge is -2.08. The zero-order chi connectivity index (χ0) is 12.8. The van der Waals surface area contributed by atoms with Crippen LogP contribution in [0, 0.1) is 4.84 Å². The molecule has 0 fully saturated rings. The molecule has 0 aliphatic rings. The number of rotatable bonds is 6. The molecule has 0 radical (unpaired) electrons. The molecule has 0 saturated heterocycles. The van der Waals surface area contributed by atoms with E-state index in [-0.39, 0.29) is 0 Å². The van der Waals surface area contributed by atoms with Crippen LogP contribution in [0.25, 0.3) is 0 Å². The second-order valence-electron chi connectivity index (χ2n) is 3.58. The highest BCUT2D eigenvalue weighted by Crippen LogP contribution is 2.20. The smallest absolute Gasteiger partial charge is 0.284 e. The van der Waals surface area contributed by atoms with Gasteiger partial charge in [0.1, 0.15) is 11.7 Å². The van der Waals surface area contributed by atoms with E-state index in [1.165, 1.54) is 5.56 Å². The average molecular weight is 282 g/mol. The highest BCUT2D eigenvalue weighted by atomic mass is 32.2. The van der Waals surface area contributed by atoms with Crippen molar-refractivity contribution in [1.29, 1.82) is 0 Å². The minimum absolute atomic E-state index is 0.308. The minimum Gasteiger partial charge on any atom is -0.483 e. The first kappa shape index (κ1) is 13.2. The second-order valence-corrected chi connectivity index (χ2v) is 4.88. The summed E-state index contributed by atoms with van der Waals surface area (Å²) in [5, 5.41) is 6.51. The number of hydrogen-bond donors (Lipinski definition) is 1. The standard InChI is InChI=1S/C12H14N2O2S2/c1-2-9-5-3-4-6-10(9)15-8-18-7-11-13-14-12(17)16-11/h3-6H,2,7-8H2,1H3,(H,14,17). The van der Waals surface area contributed by atoms with Crippen LogP contribution in [0.3, 0.4) is 0 Å². The van der Waals surface area contributed by atoms with Gasteiger partial charge >= 0.3 is 0 Å². The van der Waals surface area contributed by atoms with Crippen molar-refractivity contribution in [2.45, 2.75) is 19.1 Å². The van der Waals surface area contributed by atoms with Crippen LogP contribution in [-0.4, -0.2) is 16.1 Å². The number of ether oxygens (including phenoxy) is 1. The fourth-order valence-corrected chi connectivity index (χ4v) is 2.23. The van der Waals surface area contributed by atoms with Gasteiger partial charge in [-0.15, -0.1) is 16.9 Å². The third-order valence-electron chi connectivity index (χ3n) is 2.36. The zero-order valence-corrected chi connectivity index (χ0v) is 11.6. The van der Waals surface area contributed by atoms with Gasteiger partial charge in [0, 0.05) is 0 Å². The maximum absolute atomic E-state index is 5.71. The number of nitrogens with one attached hydrogen (secondary N) is 1. The van der Waals surface area contributed by atoms with E-state index in [1.54, 1.807) is 11.8 Å². The van der Waals surface area contributed by atoms with Crippen LogP contribution >= 0.6 is 24.0 Å². The first-order valence-corrected chi connectivity index (χ1v) is 7.18. The molecule has 0 aliphatic carbocycles. The van der Waals surface area contributed by atoms with Gasteiger partial charge < -0.3 is 9.15 Å².